The van der Waals surface area contributed by atoms with Crippen molar-refractivity contribution in [2.75, 3.05) is 28.6 Å². The summed E-state index contributed by atoms with van der Waals surface area (Å²) in [6, 6.07) is 6.25. The first kappa shape index (κ1) is 20.2. The lowest BCUT2D eigenvalue weighted by Crippen LogP contribution is -2.34. The van der Waals surface area contributed by atoms with Crippen molar-refractivity contribution in [3.8, 4) is 6.07 Å². The van der Waals surface area contributed by atoms with Gasteiger partial charge in [-0.05, 0) is 18.2 Å². The second-order valence-electron chi connectivity index (χ2n) is 7.05. The molecule has 12 heteroatoms. The molecule has 0 atom stereocenters. The second kappa shape index (κ2) is 8.41. The number of carbonyl (C=O) groups excluding carboxylic acids is 1. The summed E-state index contributed by atoms with van der Waals surface area (Å²) in [5.41, 5.74) is 2.65. The highest BCUT2D eigenvalue weighted by Crippen LogP contribution is 2.27. The first-order chi connectivity index (χ1) is 15.6. The van der Waals surface area contributed by atoms with Crippen LogP contribution >= 0.6 is 22.9 Å². The number of nitrogens with zero attached hydrogens (tertiary/aromatic N) is 7. The summed E-state index contributed by atoms with van der Waals surface area (Å²) >= 11 is 7.42. The van der Waals surface area contributed by atoms with Crippen molar-refractivity contribution in [1.82, 2.24) is 24.7 Å². The maximum atomic E-state index is 12.3. The van der Waals surface area contributed by atoms with Crippen molar-refractivity contribution < 1.29 is 4.79 Å². The molecule has 0 unspecified atom stereocenters. The van der Waals surface area contributed by atoms with Gasteiger partial charge in [0.2, 0.25) is 0 Å². The van der Waals surface area contributed by atoms with Crippen LogP contribution in [0.25, 0.3) is 11.0 Å². The van der Waals surface area contributed by atoms with Crippen molar-refractivity contribution in [3.05, 3.63) is 52.4 Å². The molecule has 0 saturated heterocycles. The molecule has 0 bridgehead atoms. The van der Waals surface area contributed by atoms with Gasteiger partial charge in [0.05, 0.1) is 23.3 Å². The van der Waals surface area contributed by atoms with E-state index >= 15 is 0 Å². The van der Waals surface area contributed by atoms with E-state index in [1.54, 1.807) is 30.9 Å². The van der Waals surface area contributed by atoms with Gasteiger partial charge in [-0.2, -0.15) is 10.4 Å². The molecular formula is C20H16ClN9OS. The lowest BCUT2D eigenvalue weighted by atomic mass is 10.2. The molecule has 4 aromatic rings. The second-order valence-corrected chi connectivity index (χ2v) is 8.58. The Kier molecular flexibility index (Phi) is 5.30. The van der Waals surface area contributed by atoms with E-state index in [9.17, 15) is 4.79 Å². The number of nitrogens with one attached hydrogen (secondary N) is 2. The Morgan fingerprint density at radius 2 is 2.12 bits per heavy atom. The zero-order chi connectivity index (χ0) is 22.1. The topological polar surface area (TPSA) is 125 Å². The fraction of sp³-hybridized carbons (Fsp3) is 0.200. The van der Waals surface area contributed by atoms with E-state index in [0.29, 0.717) is 16.4 Å². The fourth-order valence-corrected chi connectivity index (χ4v) is 4.53. The maximum Gasteiger partial charge on any atom is 0.325 e. The Balaban J connectivity index is 1.19. The number of hydrogen-bond donors (Lipinski definition) is 2. The Morgan fingerprint density at radius 3 is 2.97 bits per heavy atom. The van der Waals surface area contributed by atoms with Crippen LogP contribution in [0.2, 0.25) is 5.02 Å². The van der Waals surface area contributed by atoms with E-state index in [0.717, 1.165) is 47.8 Å². The van der Waals surface area contributed by atoms with Crippen molar-refractivity contribution in [1.29, 1.82) is 5.26 Å². The van der Waals surface area contributed by atoms with Gasteiger partial charge >= 0.3 is 6.03 Å². The minimum absolute atomic E-state index is 0.281. The van der Waals surface area contributed by atoms with E-state index in [2.05, 4.69) is 35.6 Å². The van der Waals surface area contributed by atoms with Crippen LogP contribution < -0.4 is 15.5 Å². The molecule has 3 aromatic heterocycles. The highest BCUT2D eigenvalue weighted by Gasteiger charge is 2.21. The highest BCUT2D eigenvalue weighted by molar-refractivity contribution is 7.15. The largest absolute Gasteiger partial charge is 0.352 e. The average Bonchev–Trinajstić information content (AvgIpc) is 3.41. The summed E-state index contributed by atoms with van der Waals surface area (Å²) in [5, 5.41) is 19.5. The van der Waals surface area contributed by atoms with Gasteiger partial charge in [-0.3, -0.25) is 10.00 Å². The molecule has 0 spiro atoms. The van der Waals surface area contributed by atoms with E-state index in [4.69, 9.17) is 16.9 Å². The van der Waals surface area contributed by atoms with Crippen LogP contribution in [0.4, 0.5) is 21.4 Å². The Morgan fingerprint density at radius 1 is 1.22 bits per heavy atom. The summed E-state index contributed by atoms with van der Waals surface area (Å²) in [5.74, 6) is 0.891. The zero-order valence-corrected chi connectivity index (χ0v) is 18.2. The number of anilines is 3. The third-order valence-electron chi connectivity index (χ3n) is 5.04. The van der Waals surface area contributed by atoms with Gasteiger partial charge in [0.1, 0.15) is 23.4 Å². The normalized spacial score (nSPS) is 12.6. The van der Waals surface area contributed by atoms with Gasteiger partial charge in [-0.1, -0.05) is 11.6 Å². The lowest BCUT2D eigenvalue weighted by molar-refractivity contribution is 0.262. The zero-order valence-electron chi connectivity index (χ0n) is 16.6. The molecule has 0 aliphatic carbocycles. The van der Waals surface area contributed by atoms with Crippen LogP contribution in [0.15, 0.2) is 36.9 Å². The molecule has 1 aromatic carbocycles. The number of urea groups is 1. The molecule has 5 rings (SSSR count). The smallest absolute Gasteiger partial charge is 0.325 e. The van der Waals surface area contributed by atoms with E-state index in [1.807, 2.05) is 10.8 Å². The minimum atomic E-state index is -0.431. The van der Waals surface area contributed by atoms with E-state index in [-0.39, 0.29) is 5.02 Å². The van der Waals surface area contributed by atoms with Gasteiger partial charge in [0.15, 0.2) is 10.9 Å². The predicted molar refractivity (Wildman–Crippen MR) is 122 cm³/mol. The predicted octanol–water partition coefficient (Wildman–Crippen LogP) is 3.51. The molecule has 2 amide bonds. The number of thiazole rings is 1. The van der Waals surface area contributed by atoms with Crippen molar-refractivity contribution >= 4 is 56.6 Å². The molecular weight excluding hydrogens is 450 g/mol. The van der Waals surface area contributed by atoms with Gasteiger partial charge in [-0.25, -0.2) is 19.7 Å². The minimum Gasteiger partial charge on any atom is -0.352 e. The van der Waals surface area contributed by atoms with Gasteiger partial charge < -0.3 is 10.2 Å². The number of amides is 2. The van der Waals surface area contributed by atoms with Crippen LogP contribution in [0.3, 0.4) is 0 Å². The van der Waals surface area contributed by atoms with Crippen molar-refractivity contribution in [2.24, 2.45) is 0 Å². The first-order valence-corrected chi connectivity index (χ1v) is 10.9. The summed E-state index contributed by atoms with van der Waals surface area (Å²) in [6.45, 7) is 2.38. The number of halogens is 1. The number of benzene rings is 1. The van der Waals surface area contributed by atoms with Crippen LogP contribution in [0.5, 0.6) is 0 Å². The van der Waals surface area contributed by atoms with E-state index in [1.165, 1.54) is 17.4 Å². The number of aromatic nitrogens is 5. The van der Waals surface area contributed by atoms with Crippen LogP contribution in [0, 0.1) is 11.3 Å². The van der Waals surface area contributed by atoms with Gasteiger partial charge in [0, 0.05) is 36.3 Å². The molecule has 0 saturated carbocycles. The highest BCUT2D eigenvalue weighted by atomic mass is 35.5. The van der Waals surface area contributed by atoms with Crippen LogP contribution in [0.1, 0.15) is 10.4 Å². The van der Waals surface area contributed by atoms with Gasteiger partial charge in [-0.15, -0.1) is 11.3 Å². The molecule has 10 nitrogen and oxygen atoms in total. The quantitative estimate of drug-likeness (QED) is 0.462. The molecule has 32 heavy (non-hydrogen) atoms. The van der Waals surface area contributed by atoms with Crippen molar-refractivity contribution in [3.63, 3.8) is 0 Å². The van der Waals surface area contributed by atoms with Crippen LogP contribution in [-0.4, -0.2) is 43.9 Å². The number of rotatable bonds is 5. The SMILES string of the molecule is N#Cc1ccc(NC(=O)Nc2ncc(CCN3CCn4ncc5ncnc3c54)s2)cc1Cl. The monoisotopic (exact) mass is 465 g/mol. The lowest BCUT2D eigenvalue weighted by Gasteiger charge is -2.28. The Bertz CT molecular complexity index is 1360. The first-order valence-electron chi connectivity index (χ1n) is 9.74. The molecule has 0 fully saturated rings. The average molecular weight is 466 g/mol. The molecule has 2 N–H and O–H groups in total. The summed E-state index contributed by atoms with van der Waals surface area (Å²) in [7, 11) is 0. The van der Waals surface area contributed by atoms with Gasteiger partial charge in [0.25, 0.3) is 0 Å². The van der Waals surface area contributed by atoms with E-state index < -0.39 is 6.03 Å². The third kappa shape index (κ3) is 3.93. The maximum absolute atomic E-state index is 12.3. The molecule has 160 valence electrons. The third-order valence-corrected chi connectivity index (χ3v) is 6.32. The van der Waals surface area contributed by atoms with Crippen LogP contribution in [-0.2, 0) is 13.0 Å². The summed E-state index contributed by atoms with van der Waals surface area (Å²) in [6.07, 6.45) is 5.87. The molecule has 1 aliphatic heterocycles. The Hall–Kier alpha value is -3.75. The molecule has 1 aliphatic rings. The molecule has 0 radical (unpaired) electrons. The fourth-order valence-electron chi connectivity index (χ4n) is 3.52. The number of hydrogen-bond acceptors (Lipinski definition) is 8. The van der Waals surface area contributed by atoms with Crippen molar-refractivity contribution in [2.45, 2.75) is 13.0 Å². The summed E-state index contributed by atoms with van der Waals surface area (Å²) in [4.78, 5) is 28.6. The molecule has 4 heterocycles. The standard InChI is InChI=1S/C20H16ClN9OS/c21-15-7-13(2-1-12(15)8-22)27-19(31)28-20-23-9-14(32-20)3-4-29-5-6-30-17-16(10-26-30)24-11-25-18(17)29/h1-2,7,9-11H,3-6H2,(H2,23,27,28,31). The number of nitriles is 1. The Labute approximate surface area is 191 Å². The summed E-state index contributed by atoms with van der Waals surface area (Å²) < 4.78 is 1.94. The number of carbonyl (C=O) groups is 1.